The van der Waals surface area contributed by atoms with Crippen LogP contribution in [-0.4, -0.2) is 28.6 Å². The van der Waals surface area contributed by atoms with Gasteiger partial charge in [-0.1, -0.05) is 24.3 Å². The van der Waals surface area contributed by atoms with Gasteiger partial charge >= 0.3 is 12.0 Å². The lowest BCUT2D eigenvalue weighted by Gasteiger charge is -2.31. The summed E-state index contributed by atoms with van der Waals surface area (Å²) in [7, 11) is 0. The largest absolute Gasteiger partial charge is 0.481 e. The number of aromatic nitrogens is 1. The van der Waals surface area contributed by atoms with Crippen LogP contribution in [0.15, 0.2) is 48.8 Å². The van der Waals surface area contributed by atoms with E-state index in [2.05, 4.69) is 10.3 Å². The van der Waals surface area contributed by atoms with Crippen molar-refractivity contribution in [3.8, 4) is 0 Å². The number of hydrogen-bond donors (Lipinski definition) is 2. The molecular formula is C18H19N3O3. The topological polar surface area (TPSA) is 82.5 Å². The van der Waals surface area contributed by atoms with Crippen LogP contribution in [0, 0.1) is 0 Å². The van der Waals surface area contributed by atoms with Gasteiger partial charge < -0.3 is 10.4 Å². The zero-order valence-electron chi connectivity index (χ0n) is 13.2. The molecule has 1 aromatic carbocycles. The highest BCUT2D eigenvalue weighted by molar-refractivity contribution is 5.93. The van der Waals surface area contributed by atoms with E-state index in [0.29, 0.717) is 12.1 Å². The second kappa shape index (κ2) is 7.12. The number of aryl methyl sites for hydroxylation is 1. The first-order valence-corrected chi connectivity index (χ1v) is 7.93. The average molecular weight is 325 g/mol. The summed E-state index contributed by atoms with van der Waals surface area (Å²) in [6, 6.07) is 10.4. The van der Waals surface area contributed by atoms with E-state index in [1.165, 1.54) is 0 Å². The third-order valence-corrected chi connectivity index (χ3v) is 4.12. The molecule has 6 nitrogen and oxygen atoms in total. The Labute approximate surface area is 140 Å². The van der Waals surface area contributed by atoms with E-state index in [-0.39, 0.29) is 12.5 Å². The first-order chi connectivity index (χ1) is 11.6. The van der Waals surface area contributed by atoms with Crippen molar-refractivity contribution in [3.05, 3.63) is 59.9 Å². The Morgan fingerprint density at radius 1 is 1.25 bits per heavy atom. The second-order valence-corrected chi connectivity index (χ2v) is 5.77. The van der Waals surface area contributed by atoms with Crippen LogP contribution in [0.4, 0.5) is 10.5 Å². The van der Waals surface area contributed by atoms with Crippen LogP contribution in [-0.2, 0) is 11.2 Å². The molecular weight excluding hydrogens is 306 g/mol. The molecule has 0 saturated carbocycles. The third kappa shape index (κ3) is 3.53. The van der Waals surface area contributed by atoms with Gasteiger partial charge in [0.25, 0.3) is 0 Å². The molecule has 0 bridgehead atoms. The lowest BCUT2D eigenvalue weighted by Crippen LogP contribution is -2.44. The molecule has 3 rings (SSSR count). The minimum atomic E-state index is -0.969. The lowest BCUT2D eigenvalue weighted by molar-refractivity contribution is -0.137. The summed E-state index contributed by atoms with van der Waals surface area (Å²) >= 11 is 0. The molecule has 24 heavy (non-hydrogen) atoms. The van der Waals surface area contributed by atoms with Crippen molar-refractivity contribution in [1.82, 2.24) is 10.3 Å². The number of nitrogens with one attached hydrogen (secondary N) is 1. The van der Waals surface area contributed by atoms with E-state index in [4.69, 9.17) is 5.11 Å². The molecule has 1 aromatic heterocycles. The summed E-state index contributed by atoms with van der Waals surface area (Å²) in [6.07, 6.45) is 4.84. The Hall–Kier alpha value is -2.89. The fraction of sp³-hybridized carbons (Fsp3) is 0.278. The number of carbonyl (C=O) groups excluding carboxylic acids is 1. The Kier molecular flexibility index (Phi) is 4.74. The SMILES string of the molecule is O=C(O)C[C@H](NC(=O)N1CCCc2ccccc21)c1cccnc1. The van der Waals surface area contributed by atoms with Gasteiger partial charge in [0.2, 0.25) is 0 Å². The summed E-state index contributed by atoms with van der Waals surface area (Å²) in [5.41, 5.74) is 2.70. The Morgan fingerprint density at radius 3 is 2.83 bits per heavy atom. The highest BCUT2D eigenvalue weighted by Gasteiger charge is 2.25. The molecule has 124 valence electrons. The maximum Gasteiger partial charge on any atom is 0.322 e. The molecule has 1 aliphatic rings. The zero-order valence-corrected chi connectivity index (χ0v) is 13.2. The summed E-state index contributed by atoms with van der Waals surface area (Å²) in [6.45, 7) is 0.621. The van der Waals surface area contributed by atoms with Gasteiger partial charge in [0.05, 0.1) is 12.5 Å². The van der Waals surface area contributed by atoms with E-state index < -0.39 is 12.0 Å². The minimum Gasteiger partial charge on any atom is -0.481 e. The number of carboxylic acid groups (broad SMARTS) is 1. The highest BCUT2D eigenvalue weighted by Crippen LogP contribution is 2.27. The Bertz CT molecular complexity index is 733. The predicted molar refractivity (Wildman–Crippen MR) is 89.9 cm³/mol. The normalized spacial score (nSPS) is 14.6. The van der Waals surface area contributed by atoms with Crippen molar-refractivity contribution in [2.24, 2.45) is 0 Å². The number of anilines is 1. The fourth-order valence-corrected chi connectivity index (χ4v) is 2.98. The maximum absolute atomic E-state index is 12.7. The quantitative estimate of drug-likeness (QED) is 0.905. The van der Waals surface area contributed by atoms with Crippen LogP contribution in [0.5, 0.6) is 0 Å². The maximum atomic E-state index is 12.7. The predicted octanol–water partition coefficient (Wildman–Crippen LogP) is 2.76. The highest BCUT2D eigenvalue weighted by atomic mass is 16.4. The number of hydrogen-bond acceptors (Lipinski definition) is 3. The molecule has 1 aliphatic heterocycles. The number of amides is 2. The smallest absolute Gasteiger partial charge is 0.322 e. The van der Waals surface area contributed by atoms with Crippen molar-refractivity contribution in [3.63, 3.8) is 0 Å². The van der Waals surface area contributed by atoms with Gasteiger partial charge in [0, 0.05) is 24.6 Å². The van der Waals surface area contributed by atoms with Gasteiger partial charge in [-0.05, 0) is 36.1 Å². The molecule has 0 fully saturated rings. The molecule has 2 heterocycles. The van der Waals surface area contributed by atoms with E-state index in [1.807, 2.05) is 24.3 Å². The van der Waals surface area contributed by atoms with E-state index in [0.717, 1.165) is 24.1 Å². The molecule has 0 saturated heterocycles. The molecule has 0 aliphatic carbocycles. The standard InChI is InChI=1S/C18H19N3O3/c22-17(23)11-15(14-6-3-9-19-12-14)20-18(24)21-10-4-7-13-5-1-2-8-16(13)21/h1-3,5-6,8-9,12,15H,4,7,10-11H2,(H,20,24)(H,22,23)/t15-/m0/s1. The van der Waals surface area contributed by atoms with E-state index in [9.17, 15) is 9.59 Å². The molecule has 1 atom stereocenters. The Balaban J connectivity index is 1.80. The molecule has 2 amide bonds. The van der Waals surface area contributed by atoms with E-state index >= 15 is 0 Å². The van der Waals surface area contributed by atoms with Crippen LogP contribution in [0.1, 0.15) is 30.0 Å². The number of para-hydroxylation sites is 1. The summed E-state index contributed by atoms with van der Waals surface area (Å²) in [5, 5.41) is 12.0. The first-order valence-electron chi connectivity index (χ1n) is 7.93. The number of rotatable bonds is 4. The van der Waals surface area contributed by atoms with Gasteiger partial charge in [-0.3, -0.25) is 14.7 Å². The van der Waals surface area contributed by atoms with Gasteiger partial charge in [0.1, 0.15) is 0 Å². The molecule has 0 radical (unpaired) electrons. The van der Waals surface area contributed by atoms with Crippen molar-refractivity contribution >= 4 is 17.7 Å². The van der Waals surface area contributed by atoms with Gasteiger partial charge in [-0.15, -0.1) is 0 Å². The Morgan fingerprint density at radius 2 is 2.08 bits per heavy atom. The first kappa shape index (κ1) is 16.0. The number of aliphatic carboxylic acids is 1. The summed E-state index contributed by atoms with van der Waals surface area (Å²) in [5.74, 6) is -0.969. The van der Waals surface area contributed by atoms with Crippen molar-refractivity contribution < 1.29 is 14.7 Å². The number of fused-ring (bicyclic) bond motifs is 1. The molecule has 2 N–H and O–H groups in total. The van der Waals surface area contributed by atoms with Crippen molar-refractivity contribution in [2.75, 3.05) is 11.4 Å². The number of pyridine rings is 1. The number of carboxylic acids is 1. The minimum absolute atomic E-state index is 0.188. The number of nitrogens with zero attached hydrogens (tertiary/aromatic N) is 2. The van der Waals surface area contributed by atoms with Crippen LogP contribution in [0.25, 0.3) is 0 Å². The van der Waals surface area contributed by atoms with Crippen LogP contribution >= 0.6 is 0 Å². The number of carbonyl (C=O) groups is 2. The van der Waals surface area contributed by atoms with Crippen molar-refractivity contribution in [2.45, 2.75) is 25.3 Å². The monoisotopic (exact) mass is 325 g/mol. The summed E-state index contributed by atoms with van der Waals surface area (Å²) in [4.78, 5) is 29.6. The molecule has 0 unspecified atom stereocenters. The fourth-order valence-electron chi connectivity index (χ4n) is 2.98. The van der Waals surface area contributed by atoms with Gasteiger partial charge in [0.15, 0.2) is 0 Å². The van der Waals surface area contributed by atoms with E-state index in [1.54, 1.807) is 29.4 Å². The molecule has 0 spiro atoms. The second-order valence-electron chi connectivity index (χ2n) is 5.77. The molecule has 2 aromatic rings. The van der Waals surface area contributed by atoms with Crippen LogP contribution < -0.4 is 10.2 Å². The third-order valence-electron chi connectivity index (χ3n) is 4.12. The van der Waals surface area contributed by atoms with Crippen LogP contribution in [0.3, 0.4) is 0 Å². The van der Waals surface area contributed by atoms with Gasteiger partial charge in [-0.25, -0.2) is 4.79 Å². The number of urea groups is 1. The van der Waals surface area contributed by atoms with Crippen molar-refractivity contribution in [1.29, 1.82) is 0 Å². The number of benzene rings is 1. The van der Waals surface area contributed by atoms with Crippen LogP contribution in [0.2, 0.25) is 0 Å². The lowest BCUT2D eigenvalue weighted by atomic mass is 10.0. The average Bonchev–Trinajstić information content (AvgIpc) is 2.61. The molecule has 6 heteroatoms. The van der Waals surface area contributed by atoms with Gasteiger partial charge in [-0.2, -0.15) is 0 Å². The summed E-state index contributed by atoms with van der Waals surface area (Å²) < 4.78 is 0. The zero-order chi connectivity index (χ0) is 16.9.